The minimum atomic E-state index is -0.325. The van der Waals surface area contributed by atoms with Gasteiger partial charge in [-0.2, -0.15) is 0 Å². The van der Waals surface area contributed by atoms with E-state index in [1.165, 1.54) is 0 Å². The van der Waals surface area contributed by atoms with E-state index in [1.54, 1.807) is 0 Å². The van der Waals surface area contributed by atoms with Crippen LogP contribution in [0.2, 0.25) is 0 Å². The summed E-state index contributed by atoms with van der Waals surface area (Å²) in [6.45, 7) is 10.7. The van der Waals surface area contributed by atoms with Gasteiger partial charge in [0.1, 0.15) is 0 Å². The molecule has 0 atom stereocenters. The normalized spacial score (nSPS) is 10.0. The predicted molar refractivity (Wildman–Crippen MR) is 57.5 cm³/mol. The van der Waals surface area contributed by atoms with Gasteiger partial charge in [0.2, 0.25) is 0 Å². The molecular formula is C10H25NO2. The highest BCUT2D eigenvalue weighted by Gasteiger charge is 2.10. The van der Waals surface area contributed by atoms with Crippen molar-refractivity contribution in [3.8, 4) is 0 Å². The second kappa shape index (κ2) is 8.05. The summed E-state index contributed by atoms with van der Waals surface area (Å²) in [5, 5.41) is 0. The van der Waals surface area contributed by atoms with Crippen LogP contribution in [-0.4, -0.2) is 19.1 Å². The molecule has 82 valence electrons. The maximum atomic E-state index is 10.6. The number of esters is 1. The van der Waals surface area contributed by atoms with E-state index >= 15 is 0 Å². The quantitative estimate of drug-likeness (QED) is 0.696. The summed E-state index contributed by atoms with van der Waals surface area (Å²) in [4.78, 5) is 10.6. The highest BCUT2D eigenvalue weighted by atomic mass is 16.5. The fourth-order valence-corrected chi connectivity index (χ4v) is 0.530. The number of carbonyl (C=O) groups is 1. The first kappa shape index (κ1) is 14.9. The molecule has 0 aromatic rings. The second-order valence-electron chi connectivity index (χ2n) is 3.74. The van der Waals surface area contributed by atoms with Crippen molar-refractivity contribution in [1.29, 1.82) is 0 Å². The Morgan fingerprint density at radius 1 is 1.38 bits per heavy atom. The topological polar surface area (TPSA) is 52.3 Å². The Bertz CT molecular complexity index is 133. The van der Waals surface area contributed by atoms with Crippen molar-refractivity contribution in [2.24, 2.45) is 11.1 Å². The van der Waals surface area contributed by atoms with Crippen LogP contribution < -0.4 is 5.73 Å². The molecule has 0 unspecified atom stereocenters. The van der Waals surface area contributed by atoms with E-state index in [1.807, 2.05) is 13.8 Å². The van der Waals surface area contributed by atoms with E-state index in [9.17, 15) is 4.79 Å². The highest BCUT2D eigenvalue weighted by molar-refractivity contribution is 5.71. The maximum Gasteiger partial charge on any atom is 0.319 e. The van der Waals surface area contributed by atoms with Crippen LogP contribution in [0.1, 0.15) is 42.5 Å². The van der Waals surface area contributed by atoms with Crippen LogP contribution >= 0.6 is 0 Å². The molecule has 0 aromatic heterocycles. The van der Waals surface area contributed by atoms with Crippen molar-refractivity contribution >= 4 is 5.97 Å². The first-order valence-corrected chi connectivity index (χ1v) is 4.81. The average Bonchev–Trinajstić information content (AvgIpc) is 2.05. The van der Waals surface area contributed by atoms with Crippen molar-refractivity contribution in [2.45, 2.75) is 41.0 Å². The van der Waals surface area contributed by atoms with E-state index in [-0.39, 0.29) is 19.4 Å². The van der Waals surface area contributed by atoms with Crippen LogP contribution in [0.3, 0.4) is 0 Å². The summed E-state index contributed by atoms with van der Waals surface area (Å²) in [5.74, 6) is -0.325. The van der Waals surface area contributed by atoms with Gasteiger partial charge < -0.3 is 10.5 Å². The van der Waals surface area contributed by atoms with Gasteiger partial charge >= 0.3 is 5.97 Å². The molecule has 0 saturated heterocycles. The Hall–Kier alpha value is -0.570. The lowest BCUT2D eigenvalue weighted by Gasteiger charge is -2.17. The first-order chi connectivity index (χ1) is 5.95. The summed E-state index contributed by atoms with van der Waals surface area (Å²) in [5.41, 5.74) is 5.26. The van der Waals surface area contributed by atoms with Crippen molar-refractivity contribution in [3.63, 3.8) is 0 Å². The SMILES string of the molecule is CC.CC(C)(C)CCOC(=O)CN.[HH]. The zero-order chi connectivity index (χ0) is 10.9. The second-order valence-corrected chi connectivity index (χ2v) is 3.74. The van der Waals surface area contributed by atoms with Crippen molar-refractivity contribution < 1.29 is 11.0 Å². The van der Waals surface area contributed by atoms with E-state index in [0.29, 0.717) is 6.61 Å². The standard InChI is InChI=1S/C8H17NO2.C2H6.H2/c1-8(2,3)4-5-11-7(10)6-9;1-2;/h4-6,9H2,1-3H3;1-2H3;1H. The number of ether oxygens (including phenoxy) is 1. The molecule has 0 aliphatic rings. The van der Waals surface area contributed by atoms with E-state index in [0.717, 1.165) is 6.42 Å². The molecule has 3 heteroatoms. The molecule has 0 fully saturated rings. The van der Waals surface area contributed by atoms with Gasteiger partial charge in [-0.05, 0) is 11.8 Å². The van der Waals surface area contributed by atoms with Crippen LogP contribution in [-0.2, 0) is 9.53 Å². The minimum absolute atomic E-state index is 0. The van der Waals surface area contributed by atoms with Gasteiger partial charge in [0.05, 0.1) is 13.2 Å². The number of rotatable bonds is 3. The van der Waals surface area contributed by atoms with Crippen LogP contribution in [0, 0.1) is 5.41 Å². The molecule has 0 radical (unpaired) electrons. The van der Waals surface area contributed by atoms with Crippen LogP contribution in [0.5, 0.6) is 0 Å². The third-order valence-electron chi connectivity index (χ3n) is 1.28. The smallest absolute Gasteiger partial charge is 0.319 e. The van der Waals surface area contributed by atoms with Gasteiger partial charge in [-0.3, -0.25) is 4.79 Å². The van der Waals surface area contributed by atoms with E-state index in [2.05, 4.69) is 20.8 Å². The Kier molecular flexibility index (Phi) is 9.24. The molecule has 3 nitrogen and oxygen atoms in total. The number of hydrogen-bond acceptors (Lipinski definition) is 3. The van der Waals surface area contributed by atoms with E-state index < -0.39 is 0 Å². The summed E-state index contributed by atoms with van der Waals surface area (Å²) in [6.07, 6.45) is 0.874. The third kappa shape index (κ3) is 14.3. The van der Waals surface area contributed by atoms with E-state index in [4.69, 9.17) is 10.5 Å². The summed E-state index contributed by atoms with van der Waals surface area (Å²) in [7, 11) is 0. The Balaban J connectivity index is -0.000000376. The molecule has 0 bridgehead atoms. The summed E-state index contributed by atoms with van der Waals surface area (Å²) in [6, 6.07) is 0. The van der Waals surface area contributed by atoms with Crippen molar-refractivity contribution in [1.82, 2.24) is 0 Å². The van der Waals surface area contributed by atoms with Gasteiger partial charge in [-0.25, -0.2) is 0 Å². The fraction of sp³-hybridized carbons (Fsp3) is 0.900. The monoisotopic (exact) mass is 191 g/mol. The Labute approximate surface area is 83.1 Å². The molecule has 0 aromatic carbocycles. The summed E-state index contributed by atoms with van der Waals surface area (Å²) < 4.78 is 4.80. The lowest BCUT2D eigenvalue weighted by Crippen LogP contribution is -2.19. The first-order valence-electron chi connectivity index (χ1n) is 4.81. The Morgan fingerprint density at radius 3 is 2.15 bits per heavy atom. The van der Waals surface area contributed by atoms with Crippen molar-refractivity contribution in [3.05, 3.63) is 0 Å². The molecule has 0 rings (SSSR count). The van der Waals surface area contributed by atoms with Crippen LogP contribution in [0.4, 0.5) is 0 Å². The number of hydrogen-bond donors (Lipinski definition) is 1. The van der Waals surface area contributed by atoms with Crippen LogP contribution in [0.15, 0.2) is 0 Å². The average molecular weight is 191 g/mol. The predicted octanol–water partition coefficient (Wildman–Crippen LogP) is 2.20. The summed E-state index contributed by atoms with van der Waals surface area (Å²) >= 11 is 0. The molecule has 0 aliphatic carbocycles. The minimum Gasteiger partial charge on any atom is -0.465 e. The molecule has 0 heterocycles. The number of nitrogens with two attached hydrogens (primary N) is 1. The maximum absolute atomic E-state index is 10.6. The van der Waals surface area contributed by atoms with Gasteiger partial charge in [0.25, 0.3) is 0 Å². The van der Waals surface area contributed by atoms with Gasteiger partial charge in [0, 0.05) is 1.43 Å². The third-order valence-corrected chi connectivity index (χ3v) is 1.28. The van der Waals surface area contributed by atoms with Gasteiger partial charge in [0.15, 0.2) is 0 Å². The zero-order valence-corrected chi connectivity index (χ0v) is 9.52. The molecular weight excluding hydrogens is 166 g/mol. The molecule has 0 aliphatic heterocycles. The van der Waals surface area contributed by atoms with Crippen molar-refractivity contribution in [2.75, 3.05) is 13.2 Å². The lowest BCUT2D eigenvalue weighted by molar-refractivity contribution is -0.142. The van der Waals surface area contributed by atoms with Gasteiger partial charge in [-0.15, -0.1) is 0 Å². The largest absolute Gasteiger partial charge is 0.465 e. The molecule has 13 heavy (non-hydrogen) atoms. The fourth-order valence-electron chi connectivity index (χ4n) is 0.530. The lowest BCUT2D eigenvalue weighted by atomic mass is 9.93. The molecule has 0 amide bonds. The number of carbonyl (C=O) groups excluding carboxylic acids is 1. The zero-order valence-electron chi connectivity index (χ0n) is 9.52. The molecule has 2 N–H and O–H groups in total. The molecule has 0 saturated carbocycles. The Morgan fingerprint density at radius 2 is 1.85 bits per heavy atom. The molecule has 0 spiro atoms. The highest BCUT2D eigenvalue weighted by Crippen LogP contribution is 2.17. The van der Waals surface area contributed by atoms with Gasteiger partial charge in [-0.1, -0.05) is 34.6 Å². The van der Waals surface area contributed by atoms with Crippen LogP contribution in [0.25, 0.3) is 0 Å².